The van der Waals surface area contributed by atoms with E-state index in [0.29, 0.717) is 27.1 Å². The lowest BCUT2D eigenvalue weighted by Gasteiger charge is -2.60. The molecule has 0 heterocycles. The summed E-state index contributed by atoms with van der Waals surface area (Å²) in [5.41, 5.74) is 0.737. The van der Waals surface area contributed by atoms with Crippen molar-refractivity contribution in [1.82, 2.24) is 5.32 Å². The molecule has 0 aromatic rings. The summed E-state index contributed by atoms with van der Waals surface area (Å²) in [5.74, 6) is 5.01. The van der Waals surface area contributed by atoms with E-state index in [2.05, 4.69) is 28.2 Å². The molecule has 27 heavy (non-hydrogen) atoms. The summed E-state index contributed by atoms with van der Waals surface area (Å²) in [4.78, 5) is 13.2. The van der Waals surface area contributed by atoms with Crippen LogP contribution < -0.4 is 5.32 Å². The zero-order chi connectivity index (χ0) is 18.4. The second-order valence-electron chi connectivity index (χ2n) is 12.4. The number of halogens is 1. The molecule has 0 aromatic heterocycles. The van der Waals surface area contributed by atoms with Gasteiger partial charge in [-0.25, -0.2) is 0 Å². The highest BCUT2D eigenvalue weighted by Crippen LogP contribution is 2.66. The van der Waals surface area contributed by atoms with Crippen molar-refractivity contribution in [2.75, 3.05) is 0 Å². The molecule has 8 bridgehead atoms. The molecule has 8 saturated carbocycles. The molecule has 0 spiro atoms. The van der Waals surface area contributed by atoms with Crippen LogP contribution in [-0.2, 0) is 4.79 Å². The Morgan fingerprint density at radius 3 is 1.93 bits per heavy atom. The molecule has 8 fully saturated rings. The lowest BCUT2D eigenvalue weighted by Crippen LogP contribution is -2.57. The third kappa shape index (κ3) is 2.88. The number of rotatable bonds is 4. The average molecular weight is 434 g/mol. The Bertz CT molecular complexity index is 607. The summed E-state index contributed by atoms with van der Waals surface area (Å²) in [7, 11) is 0. The average Bonchev–Trinajstić information content (AvgIpc) is 2.50. The van der Waals surface area contributed by atoms with Crippen molar-refractivity contribution >= 4 is 21.8 Å². The molecule has 2 nitrogen and oxygen atoms in total. The lowest BCUT2D eigenvalue weighted by molar-refractivity contribution is -0.132. The normalized spacial score (nSPS) is 55.7. The number of alkyl halides is 1. The predicted molar refractivity (Wildman–Crippen MR) is 112 cm³/mol. The van der Waals surface area contributed by atoms with Crippen LogP contribution in [0.15, 0.2) is 0 Å². The van der Waals surface area contributed by atoms with Crippen LogP contribution in [0, 0.1) is 40.4 Å². The molecule has 8 rings (SSSR count). The van der Waals surface area contributed by atoms with Crippen LogP contribution in [0.5, 0.6) is 0 Å². The fourth-order valence-electron chi connectivity index (χ4n) is 10.0. The van der Waals surface area contributed by atoms with Crippen molar-refractivity contribution in [1.29, 1.82) is 0 Å². The Morgan fingerprint density at radius 2 is 1.41 bits per heavy atom. The summed E-state index contributed by atoms with van der Waals surface area (Å²) in [6.45, 7) is 2.34. The molecule has 150 valence electrons. The van der Waals surface area contributed by atoms with Crippen molar-refractivity contribution < 1.29 is 4.79 Å². The number of amides is 1. The second-order valence-corrected chi connectivity index (χ2v) is 14.0. The van der Waals surface area contributed by atoms with Gasteiger partial charge in [-0.05, 0) is 124 Å². The molecule has 3 atom stereocenters. The van der Waals surface area contributed by atoms with Crippen LogP contribution in [0.3, 0.4) is 0 Å². The van der Waals surface area contributed by atoms with Gasteiger partial charge in [0, 0.05) is 16.8 Å². The maximum absolute atomic E-state index is 13.2. The van der Waals surface area contributed by atoms with Gasteiger partial charge in [0.1, 0.15) is 0 Å². The van der Waals surface area contributed by atoms with Gasteiger partial charge < -0.3 is 5.32 Å². The maximum Gasteiger partial charge on any atom is 0.220 e. The first-order valence-corrected chi connectivity index (χ1v) is 12.6. The van der Waals surface area contributed by atoms with E-state index in [1.165, 1.54) is 77.0 Å². The maximum atomic E-state index is 13.2. The Morgan fingerprint density at radius 1 is 0.889 bits per heavy atom. The van der Waals surface area contributed by atoms with Crippen molar-refractivity contribution in [3.05, 3.63) is 0 Å². The molecule has 0 radical (unpaired) electrons. The van der Waals surface area contributed by atoms with Gasteiger partial charge in [-0.2, -0.15) is 0 Å². The van der Waals surface area contributed by atoms with Crippen LogP contribution in [0.25, 0.3) is 0 Å². The van der Waals surface area contributed by atoms with Crippen LogP contribution >= 0.6 is 15.9 Å². The molecule has 0 saturated heterocycles. The third-order valence-electron chi connectivity index (χ3n) is 10.0. The second kappa shape index (κ2) is 5.76. The molecular formula is C24H36BrNO. The molecule has 8 aliphatic rings. The molecule has 8 aliphatic carbocycles. The topological polar surface area (TPSA) is 29.1 Å². The van der Waals surface area contributed by atoms with E-state index in [1.807, 2.05) is 0 Å². The standard InChI is InChI=1S/C24H36BrNO/c1-15(23-8-16-2-17(9-23)4-18(3-16)10-23)26-21(27)13-22-6-19-5-20(7-22)12-24(25,11-19)14-22/h15-20H,2-14H2,1H3,(H,26,27)/t15-,16?,17?,18?,19-,20-,22?,23?,24?/m1/s1. The third-order valence-corrected chi connectivity index (χ3v) is 11.0. The zero-order valence-corrected chi connectivity index (χ0v) is 18.5. The van der Waals surface area contributed by atoms with Crippen LogP contribution in [-0.4, -0.2) is 16.3 Å². The van der Waals surface area contributed by atoms with Gasteiger partial charge in [0.05, 0.1) is 0 Å². The molecule has 0 aromatic carbocycles. The highest BCUT2D eigenvalue weighted by atomic mass is 79.9. The number of carbonyl (C=O) groups excluding carboxylic acids is 1. The van der Waals surface area contributed by atoms with Gasteiger partial charge in [0.15, 0.2) is 0 Å². The minimum Gasteiger partial charge on any atom is -0.353 e. The van der Waals surface area contributed by atoms with Gasteiger partial charge in [-0.15, -0.1) is 0 Å². The van der Waals surface area contributed by atoms with Crippen molar-refractivity contribution in [3.8, 4) is 0 Å². The summed E-state index contributed by atoms with van der Waals surface area (Å²) in [6, 6.07) is 0.380. The van der Waals surface area contributed by atoms with Crippen LogP contribution in [0.4, 0.5) is 0 Å². The highest BCUT2D eigenvalue weighted by Gasteiger charge is 2.58. The monoisotopic (exact) mass is 433 g/mol. The SMILES string of the molecule is C[C@@H](NC(=O)CC12C[C@H]3C[C@@H](CC(Br)(C3)C1)C2)C12CC3CC(CC(C3)C1)C2. The summed E-state index contributed by atoms with van der Waals surface area (Å²) in [6.07, 6.45) is 17.4. The van der Waals surface area contributed by atoms with E-state index in [-0.39, 0.29) is 0 Å². The Kier molecular flexibility index (Phi) is 3.79. The fraction of sp³-hybridized carbons (Fsp3) is 0.958. The van der Waals surface area contributed by atoms with Gasteiger partial charge in [0.2, 0.25) is 5.91 Å². The molecule has 0 unspecified atom stereocenters. The number of hydrogen-bond acceptors (Lipinski definition) is 1. The Labute approximate surface area is 173 Å². The Hall–Kier alpha value is -0.0500. The van der Waals surface area contributed by atoms with E-state index in [4.69, 9.17) is 0 Å². The van der Waals surface area contributed by atoms with E-state index in [1.54, 1.807) is 0 Å². The summed E-state index contributed by atoms with van der Waals surface area (Å²) >= 11 is 4.11. The molecule has 1 amide bonds. The summed E-state index contributed by atoms with van der Waals surface area (Å²) in [5, 5.41) is 3.57. The zero-order valence-electron chi connectivity index (χ0n) is 16.9. The van der Waals surface area contributed by atoms with Crippen molar-refractivity contribution in [2.45, 2.75) is 101 Å². The first-order chi connectivity index (χ1) is 12.8. The lowest BCUT2D eigenvalue weighted by atomic mass is 9.47. The molecular weight excluding hydrogens is 398 g/mol. The smallest absolute Gasteiger partial charge is 0.220 e. The van der Waals surface area contributed by atoms with E-state index < -0.39 is 0 Å². The number of nitrogens with one attached hydrogen (secondary N) is 1. The van der Waals surface area contributed by atoms with Gasteiger partial charge in [-0.3, -0.25) is 4.79 Å². The number of carbonyl (C=O) groups is 1. The molecule has 0 aliphatic heterocycles. The van der Waals surface area contributed by atoms with E-state index >= 15 is 0 Å². The fourth-order valence-corrected chi connectivity index (χ4v) is 11.5. The van der Waals surface area contributed by atoms with Gasteiger partial charge in [0.25, 0.3) is 0 Å². The van der Waals surface area contributed by atoms with Gasteiger partial charge >= 0.3 is 0 Å². The minimum absolute atomic E-state index is 0.304. The van der Waals surface area contributed by atoms with Gasteiger partial charge in [-0.1, -0.05) is 15.9 Å². The van der Waals surface area contributed by atoms with Crippen molar-refractivity contribution in [3.63, 3.8) is 0 Å². The first-order valence-electron chi connectivity index (χ1n) is 11.8. The van der Waals surface area contributed by atoms with E-state index in [9.17, 15) is 4.79 Å². The van der Waals surface area contributed by atoms with Crippen molar-refractivity contribution in [2.24, 2.45) is 40.4 Å². The highest BCUT2D eigenvalue weighted by molar-refractivity contribution is 9.10. The predicted octanol–water partition coefficient (Wildman–Crippen LogP) is 5.83. The number of hydrogen-bond donors (Lipinski definition) is 1. The van der Waals surface area contributed by atoms with E-state index in [0.717, 1.165) is 36.0 Å². The Balaban J connectivity index is 1.15. The first kappa shape index (κ1) is 17.8. The summed E-state index contributed by atoms with van der Waals surface area (Å²) < 4.78 is 0.364. The van der Waals surface area contributed by atoms with Crippen LogP contribution in [0.1, 0.15) is 90.4 Å². The van der Waals surface area contributed by atoms with Crippen LogP contribution in [0.2, 0.25) is 0 Å². The molecule has 3 heteroatoms. The largest absolute Gasteiger partial charge is 0.353 e. The molecule has 1 N–H and O–H groups in total. The minimum atomic E-state index is 0.304. The quantitative estimate of drug-likeness (QED) is 0.554.